The van der Waals surface area contributed by atoms with Crippen LogP contribution in [0.4, 0.5) is 0 Å². The fraction of sp³-hybridized carbons (Fsp3) is 0.583. The van der Waals surface area contributed by atoms with E-state index in [2.05, 4.69) is 21.2 Å². The highest BCUT2D eigenvalue weighted by Gasteiger charge is 2.34. The number of rotatable bonds is 3. The van der Waals surface area contributed by atoms with Gasteiger partial charge in [-0.25, -0.2) is 0 Å². The molecule has 0 unspecified atom stereocenters. The normalized spacial score (nSPS) is 18.6. The van der Waals surface area contributed by atoms with Crippen molar-refractivity contribution in [1.29, 1.82) is 0 Å². The minimum absolute atomic E-state index is 0.0618. The number of ether oxygens (including phenoxy) is 1. The van der Waals surface area contributed by atoms with Gasteiger partial charge in [0.25, 0.3) is 5.91 Å². The van der Waals surface area contributed by atoms with E-state index in [1.807, 2.05) is 13.2 Å². The van der Waals surface area contributed by atoms with E-state index in [-0.39, 0.29) is 12.5 Å². The van der Waals surface area contributed by atoms with Gasteiger partial charge in [-0.15, -0.1) is 0 Å². The summed E-state index contributed by atoms with van der Waals surface area (Å²) in [6.07, 6.45) is 3.10. The molecule has 2 heterocycles. The van der Waals surface area contributed by atoms with Crippen molar-refractivity contribution in [1.82, 2.24) is 9.88 Å². The SMILES string of the molecule is Cn1cc(Br)cc1C(=O)NC1(CO)CCOCC1. The van der Waals surface area contributed by atoms with Gasteiger partial charge in [-0.05, 0) is 34.8 Å². The average molecular weight is 317 g/mol. The summed E-state index contributed by atoms with van der Waals surface area (Å²) in [7, 11) is 1.81. The lowest BCUT2D eigenvalue weighted by Crippen LogP contribution is -2.54. The van der Waals surface area contributed by atoms with Gasteiger partial charge in [-0.2, -0.15) is 0 Å². The summed E-state index contributed by atoms with van der Waals surface area (Å²) in [6.45, 7) is 1.07. The molecule has 2 rings (SSSR count). The maximum atomic E-state index is 12.2. The Kier molecular flexibility index (Phi) is 4.09. The molecular formula is C12H17BrN2O3. The number of aryl methyl sites for hydroxylation is 1. The topological polar surface area (TPSA) is 63.5 Å². The van der Waals surface area contributed by atoms with Crippen LogP contribution in [0.3, 0.4) is 0 Å². The van der Waals surface area contributed by atoms with Gasteiger partial charge in [-0.1, -0.05) is 0 Å². The molecule has 1 aromatic heterocycles. The van der Waals surface area contributed by atoms with E-state index in [0.29, 0.717) is 31.7 Å². The first kappa shape index (κ1) is 13.6. The first-order valence-electron chi connectivity index (χ1n) is 5.89. The molecule has 0 spiro atoms. The largest absolute Gasteiger partial charge is 0.394 e. The minimum atomic E-state index is -0.550. The monoisotopic (exact) mass is 316 g/mol. The lowest BCUT2D eigenvalue weighted by atomic mass is 9.91. The van der Waals surface area contributed by atoms with Crippen LogP contribution in [0.25, 0.3) is 0 Å². The fourth-order valence-corrected chi connectivity index (χ4v) is 2.66. The molecule has 1 aliphatic rings. The number of hydrogen-bond donors (Lipinski definition) is 2. The van der Waals surface area contributed by atoms with E-state index in [4.69, 9.17) is 4.74 Å². The van der Waals surface area contributed by atoms with Gasteiger partial charge < -0.3 is 19.7 Å². The van der Waals surface area contributed by atoms with Crippen LogP contribution in [-0.2, 0) is 11.8 Å². The quantitative estimate of drug-likeness (QED) is 0.876. The first-order chi connectivity index (χ1) is 8.56. The zero-order chi connectivity index (χ0) is 13.2. The van der Waals surface area contributed by atoms with Crippen LogP contribution in [0.2, 0.25) is 0 Å². The molecule has 5 nitrogen and oxygen atoms in total. The van der Waals surface area contributed by atoms with E-state index in [1.54, 1.807) is 10.6 Å². The van der Waals surface area contributed by atoms with E-state index in [0.717, 1.165) is 4.47 Å². The van der Waals surface area contributed by atoms with Crippen LogP contribution >= 0.6 is 15.9 Å². The Hall–Kier alpha value is -0.850. The Bertz CT molecular complexity index is 439. The van der Waals surface area contributed by atoms with E-state index >= 15 is 0 Å². The summed E-state index contributed by atoms with van der Waals surface area (Å²) >= 11 is 3.34. The highest BCUT2D eigenvalue weighted by molar-refractivity contribution is 9.10. The number of carbonyl (C=O) groups is 1. The summed E-state index contributed by atoms with van der Waals surface area (Å²) in [5.74, 6) is -0.167. The van der Waals surface area contributed by atoms with Crippen LogP contribution < -0.4 is 5.32 Å². The van der Waals surface area contributed by atoms with Crippen LogP contribution in [0.5, 0.6) is 0 Å². The maximum Gasteiger partial charge on any atom is 0.268 e. The standard InChI is InChI=1S/C12H17BrN2O3/c1-15-7-9(13)6-10(15)11(17)14-12(8-16)2-4-18-5-3-12/h6-7,16H,2-5,8H2,1H3,(H,14,17). The molecule has 1 aliphatic heterocycles. The number of halogens is 1. The number of nitrogens with zero attached hydrogens (tertiary/aromatic N) is 1. The number of carbonyl (C=O) groups excluding carboxylic acids is 1. The van der Waals surface area contributed by atoms with Gasteiger partial charge in [0.15, 0.2) is 0 Å². The average Bonchev–Trinajstić information content (AvgIpc) is 2.70. The summed E-state index contributed by atoms with van der Waals surface area (Å²) < 4.78 is 7.88. The molecule has 18 heavy (non-hydrogen) atoms. The second-order valence-electron chi connectivity index (χ2n) is 4.66. The van der Waals surface area contributed by atoms with E-state index in [9.17, 15) is 9.90 Å². The highest BCUT2D eigenvalue weighted by Crippen LogP contribution is 2.21. The Morgan fingerprint density at radius 3 is 2.78 bits per heavy atom. The van der Waals surface area contributed by atoms with Crippen molar-refractivity contribution in [3.8, 4) is 0 Å². The summed E-state index contributed by atoms with van der Waals surface area (Å²) in [4.78, 5) is 12.2. The van der Waals surface area contributed by atoms with Gasteiger partial charge in [0.05, 0.1) is 12.1 Å². The lowest BCUT2D eigenvalue weighted by molar-refractivity contribution is 0.0124. The Morgan fingerprint density at radius 1 is 1.61 bits per heavy atom. The van der Waals surface area contributed by atoms with Crippen LogP contribution in [0, 0.1) is 0 Å². The van der Waals surface area contributed by atoms with Crippen molar-refractivity contribution in [2.24, 2.45) is 7.05 Å². The molecule has 0 saturated carbocycles. The van der Waals surface area contributed by atoms with Crippen molar-refractivity contribution < 1.29 is 14.6 Å². The highest BCUT2D eigenvalue weighted by atomic mass is 79.9. The molecule has 1 aromatic rings. The molecule has 0 aliphatic carbocycles. The van der Waals surface area contributed by atoms with Crippen molar-refractivity contribution in [2.45, 2.75) is 18.4 Å². The Balaban J connectivity index is 2.12. The van der Waals surface area contributed by atoms with Gasteiger partial charge in [0.1, 0.15) is 5.69 Å². The van der Waals surface area contributed by atoms with Crippen molar-refractivity contribution >= 4 is 21.8 Å². The molecule has 1 saturated heterocycles. The molecule has 1 amide bonds. The van der Waals surface area contributed by atoms with Gasteiger partial charge in [-0.3, -0.25) is 4.79 Å². The number of nitrogens with one attached hydrogen (secondary N) is 1. The molecule has 100 valence electrons. The second kappa shape index (κ2) is 5.42. The Morgan fingerprint density at radius 2 is 2.28 bits per heavy atom. The van der Waals surface area contributed by atoms with Gasteiger partial charge >= 0.3 is 0 Å². The molecule has 6 heteroatoms. The third-order valence-electron chi connectivity index (χ3n) is 3.34. The second-order valence-corrected chi connectivity index (χ2v) is 5.58. The van der Waals surface area contributed by atoms with Gasteiger partial charge in [0.2, 0.25) is 0 Å². The fourth-order valence-electron chi connectivity index (χ4n) is 2.14. The predicted molar refractivity (Wildman–Crippen MR) is 70.4 cm³/mol. The molecule has 2 N–H and O–H groups in total. The number of amides is 1. The number of hydrogen-bond acceptors (Lipinski definition) is 3. The lowest BCUT2D eigenvalue weighted by Gasteiger charge is -2.36. The number of aromatic nitrogens is 1. The summed E-state index contributed by atoms with van der Waals surface area (Å²) in [5.41, 5.74) is 0.0210. The summed E-state index contributed by atoms with van der Waals surface area (Å²) in [5, 5.41) is 12.5. The summed E-state index contributed by atoms with van der Waals surface area (Å²) in [6, 6.07) is 1.76. The first-order valence-corrected chi connectivity index (χ1v) is 6.69. The third-order valence-corrected chi connectivity index (χ3v) is 3.77. The minimum Gasteiger partial charge on any atom is -0.394 e. The third kappa shape index (κ3) is 2.76. The predicted octanol–water partition coefficient (Wildman–Crippen LogP) is 1.06. The molecule has 0 atom stereocenters. The molecule has 0 radical (unpaired) electrons. The maximum absolute atomic E-state index is 12.2. The smallest absolute Gasteiger partial charge is 0.268 e. The molecule has 0 bridgehead atoms. The number of aliphatic hydroxyl groups is 1. The molecular weight excluding hydrogens is 300 g/mol. The Labute approximate surface area is 114 Å². The van der Waals surface area contributed by atoms with Crippen molar-refractivity contribution in [3.63, 3.8) is 0 Å². The zero-order valence-corrected chi connectivity index (χ0v) is 11.9. The molecule has 1 fully saturated rings. The van der Waals surface area contributed by atoms with Crippen LogP contribution in [0.1, 0.15) is 23.3 Å². The zero-order valence-electron chi connectivity index (χ0n) is 10.3. The van der Waals surface area contributed by atoms with Crippen molar-refractivity contribution in [2.75, 3.05) is 19.8 Å². The van der Waals surface area contributed by atoms with Crippen LogP contribution in [0.15, 0.2) is 16.7 Å². The number of aliphatic hydroxyl groups excluding tert-OH is 1. The van der Waals surface area contributed by atoms with Crippen molar-refractivity contribution in [3.05, 3.63) is 22.4 Å². The van der Waals surface area contributed by atoms with E-state index in [1.165, 1.54) is 0 Å². The molecule has 0 aromatic carbocycles. The van der Waals surface area contributed by atoms with Crippen LogP contribution in [-0.4, -0.2) is 40.9 Å². The van der Waals surface area contributed by atoms with E-state index < -0.39 is 5.54 Å². The van der Waals surface area contributed by atoms with Gasteiger partial charge in [0, 0.05) is 30.9 Å².